The molecule has 1 aromatic heterocycles. The summed E-state index contributed by atoms with van der Waals surface area (Å²) in [5.41, 5.74) is 5.27. The molecule has 0 spiro atoms. The van der Waals surface area contributed by atoms with Crippen LogP contribution in [0.5, 0.6) is 5.75 Å². The standard InChI is InChI=1S/C19H25NO2/c1-12(2)9-16-8-7-15(10-18(16)22-6)17-11-20(5)19(21)14(4)13(17)3/h7-8,10-12H,9H2,1-6H3. The first kappa shape index (κ1) is 16.3. The molecule has 0 bridgehead atoms. The molecule has 2 rings (SSSR count). The van der Waals surface area contributed by atoms with E-state index < -0.39 is 0 Å². The highest BCUT2D eigenvalue weighted by atomic mass is 16.5. The van der Waals surface area contributed by atoms with Crippen molar-refractivity contribution in [3.05, 3.63) is 51.4 Å². The molecule has 3 heteroatoms. The molecule has 0 unspecified atom stereocenters. The van der Waals surface area contributed by atoms with Gasteiger partial charge in [0.05, 0.1) is 7.11 Å². The third-order valence-corrected chi connectivity index (χ3v) is 4.16. The molecule has 0 aliphatic heterocycles. The fourth-order valence-electron chi connectivity index (χ4n) is 2.79. The number of hydrogen-bond donors (Lipinski definition) is 0. The van der Waals surface area contributed by atoms with E-state index in [-0.39, 0.29) is 5.56 Å². The normalized spacial score (nSPS) is 11.0. The number of aryl methyl sites for hydroxylation is 1. The van der Waals surface area contributed by atoms with Crippen molar-refractivity contribution < 1.29 is 4.74 Å². The zero-order chi connectivity index (χ0) is 16.4. The average molecular weight is 299 g/mol. The number of aromatic nitrogens is 1. The Bertz CT molecular complexity index is 742. The lowest BCUT2D eigenvalue weighted by atomic mass is 9.95. The summed E-state index contributed by atoms with van der Waals surface area (Å²) in [6, 6.07) is 6.32. The third-order valence-electron chi connectivity index (χ3n) is 4.16. The highest BCUT2D eigenvalue weighted by Crippen LogP contribution is 2.30. The summed E-state index contributed by atoms with van der Waals surface area (Å²) in [5, 5.41) is 0. The van der Waals surface area contributed by atoms with E-state index >= 15 is 0 Å². The van der Waals surface area contributed by atoms with Gasteiger partial charge < -0.3 is 9.30 Å². The van der Waals surface area contributed by atoms with E-state index in [4.69, 9.17) is 4.74 Å². The first-order chi connectivity index (χ1) is 10.3. The lowest BCUT2D eigenvalue weighted by molar-refractivity contribution is 0.407. The van der Waals surface area contributed by atoms with Crippen molar-refractivity contribution in [2.24, 2.45) is 13.0 Å². The molecular formula is C19H25NO2. The SMILES string of the molecule is COc1cc(-c2cn(C)c(=O)c(C)c2C)ccc1CC(C)C. The van der Waals surface area contributed by atoms with E-state index in [1.807, 2.05) is 20.0 Å². The second kappa shape index (κ2) is 6.39. The number of pyridine rings is 1. The zero-order valence-corrected chi connectivity index (χ0v) is 14.4. The monoisotopic (exact) mass is 299 g/mol. The summed E-state index contributed by atoms with van der Waals surface area (Å²) >= 11 is 0. The molecule has 0 radical (unpaired) electrons. The van der Waals surface area contributed by atoms with Crippen LogP contribution in [0.1, 0.15) is 30.5 Å². The van der Waals surface area contributed by atoms with Gasteiger partial charge in [-0.25, -0.2) is 0 Å². The average Bonchev–Trinajstić information content (AvgIpc) is 2.49. The summed E-state index contributed by atoms with van der Waals surface area (Å²) in [5.74, 6) is 1.50. The second-order valence-electron chi connectivity index (χ2n) is 6.33. The van der Waals surface area contributed by atoms with Crippen LogP contribution in [0.4, 0.5) is 0 Å². The van der Waals surface area contributed by atoms with Gasteiger partial charge in [-0.3, -0.25) is 4.79 Å². The van der Waals surface area contributed by atoms with Crippen LogP contribution in [0.25, 0.3) is 11.1 Å². The van der Waals surface area contributed by atoms with Crippen molar-refractivity contribution in [2.45, 2.75) is 34.1 Å². The summed E-state index contributed by atoms with van der Waals surface area (Å²) in [6.07, 6.45) is 2.90. The Hall–Kier alpha value is -2.03. The Labute approximate surface area is 132 Å². The lowest BCUT2D eigenvalue weighted by Gasteiger charge is -2.15. The van der Waals surface area contributed by atoms with Crippen molar-refractivity contribution in [1.82, 2.24) is 4.57 Å². The molecule has 0 saturated carbocycles. The molecule has 0 fully saturated rings. The van der Waals surface area contributed by atoms with E-state index in [0.29, 0.717) is 5.92 Å². The van der Waals surface area contributed by atoms with Crippen LogP contribution in [0, 0.1) is 19.8 Å². The number of rotatable bonds is 4. The van der Waals surface area contributed by atoms with Gasteiger partial charge in [0, 0.05) is 24.4 Å². The highest BCUT2D eigenvalue weighted by Gasteiger charge is 2.12. The van der Waals surface area contributed by atoms with Crippen LogP contribution in [-0.2, 0) is 13.5 Å². The molecule has 1 aromatic carbocycles. The molecular weight excluding hydrogens is 274 g/mol. The summed E-state index contributed by atoms with van der Waals surface area (Å²) < 4.78 is 7.21. The van der Waals surface area contributed by atoms with Crippen LogP contribution in [0.15, 0.2) is 29.2 Å². The van der Waals surface area contributed by atoms with Crippen molar-refractivity contribution >= 4 is 0 Å². The molecule has 0 N–H and O–H groups in total. The molecule has 0 aliphatic carbocycles. The summed E-state index contributed by atoms with van der Waals surface area (Å²) in [4.78, 5) is 12.0. The van der Waals surface area contributed by atoms with Gasteiger partial charge in [-0.1, -0.05) is 26.0 Å². The largest absolute Gasteiger partial charge is 0.496 e. The number of benzene rings is 1. The highest BCUT2D eigenvalue weighted by molar-refractivity contribution is 5.69. The van der Waals surface area contributed by atoms with Gasteiger partial charge in [0.15, 0.2) is 0 Å². The quantitative estimate of drug-likeness (QED) is 0.858. The third kappa shape index (κ3) is 3.08. The van der Waals surface area contributed by atoms with Gasteiger partial charge in [-0.15, -0.1) is 0 Å². The van der Waals surface area contributed by atoms with Crippen LogP contribution in [-0.4, -0.2) is 11.7 Å². The molecule has 0 aliphatic rings. The first-order valence-electron chi connectivity index (χ1n) is 7.69. The minimum Gasteiger partial charge on any atom is -0.496 e. The predicted molar refractivity (Wildman–Crippen MR) is 91.7 cm³/mol. The first-order valence-corrected chi connectivity index (χ1v) is 7.69. The molecule has 3 nitrogen and oxygen atoms in total. The fourth-order valence-corrected chi connectivity index (χ4v) is 2.79. The molecule has 118 valence electrons. The van der Waals surface area contributed by atoms with Crippen molar-refractivity contribution in [1.29, 1.82) is 0 Å². The van der Waals surface area contributed by atoms with Gasteiger partial charge in [-0.2, -0.15) is 0 Å². The smallest absolute Gasteiger partial charge is 0.253 e. The number of hydrogen-bond acceptors (Lipinski definition) is 2. The van der Waals surface area contributed by atoms with E-state index in [1.165, 1.54) is 5.56 Å². The Morgan fingerprint density at radius 3 is 2.45 bits per heavy atom. The lowest BCUT2D eigenvalue weighted by Crippen LogP contribution is -2.20. The van der Waals surface area contributed by atoms with Gasteiger partial charge >= 0.3 is 0 Å². The molecule has 22 heavy (non-hydrogen) atoms. The van der Waals surface area contributed by atoms with Crippen molar-refractivity contribution in [3.63, 3.8) is 0 Å². The summed E-state index contributed by atoms with van der Waals surface area (Å²) in [6.45, 7) is 8.29. The van der Waals surface area contributed by atoms with E-state index in [2.05, 4.69) is 32.0 Å². The van der Waals surface area contributed by atoms with Gasteiger partial charge in [0.1, 0.15) is 5.75 Å². The van der Waals surface area contributed by atoms with Crippen molar-refractivity contribution in [3.8, 4) is 16.9 Å². The minimum absolute atomic E-state index is 0.0599. The van der Waals surface area contributed by atoms with Gasteiger partial charge in [0.25, 0.3) is 5.56 Å². The van der Waals surface area contributed by atoms with Crippen LogP contribution in [0.3, 0.4) is 0 Å². The Morgan fingerprint density at radius 2 is 1.86 bits per heavy atom. The van der Waals surface area contributed by atoms with Crippen LogP contribution in [0.2, 0.25) is 0 Å². The maximum absolute atomic E-state index is 12.0. The van der Waals surface area contributed by atoms with Crippen molar-refractivity contribution in [2.75, 3.05) is 7.11 Å². The van der Waals surface area contributed by atoms with Gasteiger partial charge in [0.2, 0.25) is 0 Å². The zero-order valence-electron chi connectivity index (χ0n) is 14.4. The maximum atomic E-state index is 12.0. The number of ether oxygens (including phenoxy) is 1. The van der Waals surface area contributed by atoms with E-state index in [0.717, 1.165) is 34.4 Å². The molecule has 0 atom stereocenters. The molecule has 0 saturated heterocycles. The molecule has 0 amide bonds. The second-order valence-corrected chi connectivity index (χ2v) is 6.33. The fraction of sp³-hybridized carbons (Fsp3) is 0.421. The van der Waals surface area contributed by atoms with Gasteiger partial charge in [-0.05, 0) is 48.9 Å². The maximum Gasteiger partial charge on any atom is 0.253 e. The topological polar surface area (TPSA) is 31.2 Å². The number of nitrogens with zero attached hydrogens (tertiary/aromatic N) is 1. The molecule has 2 aromatic rings. The Morgan fingerprint density at radius 1 is 1.18 bits per heavy atom. The van der Waals surface area contributed by atoms with Crippen LogP contribution >= 0.6 is 0 Å². The number of methoxy groups -OCH3 is 1. The Kier molecular flexibility index (Phi) is 4.74. The van der Waals surface area contributed by atoms with E-state index in [1.54, 1.807) is 18.7 Å². The molecule has 1 heterocycles. The summed E-state index contributed by atoms with van der Waals surface area (Å²) in [7, 11) is 3.50. The Balaban J connectivity index is 2.57. The predicted octanol–water partition coefficient (Wildman–Crippen LogP) is 3.88. The van der Waals surface area contributed by atoms with E-state index in [9.17, 15) is 4.79 Å². The minimum atomic E-state index is 0.0599. The van der Waals surface area contributed by atoms with Crippen LogP contribution < -0.4 is 10.3 Å².